The first-order chi connectivity index (χ1) is 19.3. The quantitative estimate of drug-likeness (QED) is 0.355. The van der Waals surface area contributed by atoms with Gasteiger partial charge in [0, 0.05) is 23.3 Å². The Hall–Kier alpha value is -4.54. The molecule has 0 bridgehead atoms. The average Bonchev–Trinajstić information content (AvgIpc) is 3.40. The van der Waals surface area contributed by atoms with Gasteiger partial charge in [-0.1, -0.05) is 53.4 Å². The second-order valence-electron chi connectivity index (χ2n) is 8.93. The minimum Gasteiger partial charge on any atom is -0.384 e. The van der Waals surface area contributed by atoms with Crippen LogP contribution in [0, 0.1) is 17.1 Å². The Morgan fingerprint density at radius 2 is 1.93 bits per heavy atom. The summed E-state index contributed by atoms with van der Waals surface area (Å²) in [5, 5.41) is 21.4. The molecule has 5 N–H and O–H groups in total. The molecule has 1 aromatic heterocycles. The summed E-state index contributed by atoms with van der Waals surface area (Å²) in [5.41, 5.74) is 13.5. The van der Waals surface area contributed by atoms with Gasteiger partial charge in [-0.2, -0.15) is 5.26 Å². The molecule has 0 spiro atoms. The summed E-state index contributed by atoms with van der Waals surface area (Å²) < 4.78 is 15.3. The van der Waals surface area contributed by atoms with Crippen LogP contribution in [0.15, 0.2) is 75.5 Å². The molecule has 202 valence electrons. The van der Waals surface area contributed by atoms with Gasteiger partial charge in [-0.25, -0.2) is 4.39 Å². The van der Waals surface area contributed by atoms with E-state index in [0.717, 1.165) is 23.1 Å². The number of nitrogens with zero attached hydrogens (tertiary/aromatic N) is 4. The molecule has 0 radical (unpaired) electrons. The number of halogens is 1. The summed E-state index contributed by atoms with van der Waals surface area (Å²) in [5.74, 6) is -2.64. The molecule has 1 aliphatic heterocycles. The van der Waals surface area contributed by atoms with Gasteiger partial charge in [0.15, 0.2) is 10.1 Å². The molecule has 2 heterocycles. The van der Waals surface area contributed by atoms with E-state index in [9.17, 15) is 24.0 Å². The van der Waals surface area contributed by atoms with E-state index in [-0.39, 0.29) is 46.4 Å². The lowest BCUT2D eigenvalue weighted by Gasteiger charge is -2.38. The molecule has 1 atom stereocenters. The number of hydrogen-bond acceptors (Lipinski definition) is 10. The van der Waals surface area contributed by atoms with Crippen molar-refractivity contribution in [1.82, 2.24) is 10.2 Å². The van der Waals surface area contributed by atoms with Crippen molar-refractivity contribution in [2.24, 2.45) is 11.5 Å². The Kier molecular flexibility index (Phi) is 7.63. The van der Waals surface area contributed by atoms with Crippen LogP contribution in [0.1, 0.15) is 41.1 Å². The number of hydrogen-bond donors (Lipinski definition) is 3. The maximum Gasteiger partial charge on any atom is 0.250 e. The second-order valence-corrected chi connectivity index (χ2v) is 11.1. The third-order valence-electron chi connectivity index (χ3n) is 6.51. The number of aromatic nitrogens is 2. The highest BCUT2D eigenvalue weighted by Gasteiger charge is 2.42. The summed E-state index contributed by atoms with van der Waals surface area (Å²) in [6.45, 7) is 0. The molecule has 2 aliphatic rings. The molecular weight excluding hydrogens is 553 g/mol. The van der Waals surface area contributed by atoms with Gasteiger partial charge in [-0.05, 0) is 31.0 Å². The van der Waals surface area contributed by atoms with Crippen LogP contribution in [-0.2, 0) is 9.59 Å². The van der Waals surface area contributed by atoms with Gasteiger partial charge in [-0.3, -0.25) is 19.3 Å². The van der Waals surface area contributed by atoms with Crippen molar-refractivity contribution in [2.45, 2.75) is 29.5 Å². The first-order valence-electron chi connectivity index (χ1n) is 12.2. The first kappa shape index (κ1) is 27.0. The van der Waals surface area contributed by atoms with Crippen molar-refractivity contribution < 1.29 is 18.8 Å². The zero-order chi connectivity index (χ0) is 28.4. The lowest BCUT2D eigenvalue weighted by Crippen LogP contribution is -2.38. The number of anilines is 2. The number of rotatable bonds is 7. The van der Waals surface area contributed by atoms with Crippen molar-refractivity contribution in [3.8, 4) is 6.07 Å². The van der Waals surface area contributed by atoms with E-state index in [1.165, 1.54) is 12.1 Å². The van der Waals surface area contributed by atoms with Crippen LogP contribution in [0.2, 0.25) is 0 Å². The highest BCUT2D eigenvalue weighted by atomic mass is 32.2. The van der Waals surface area contributed by atoms with Crippen molar-refractivity contribution >= 4 is 51.5 Å². The van der Waals surface area contributed by atoms with Crippen LogP contribution in [0.25, 0.3) is 0 Å². The highest BCUT2D eigenvalue weighted by molar-refractivity contribution is 8.01. The Morgan fingerprint density at radius 3 is 2.67 bits per heavy atom. The number of ketones is 1. The Labute approximate surface area is 236 Å². The maximum absolute atomic E-state index is 14.9. The summed E-state index contributed by atoms with van der Waals surface area (Å²) in [6.07, 6.45) is 1.33. The number of benzene rings is 2. The minimum atomic E-state index is -0.918. The van der Waals surface area contributed by atoms with Crippen LogP contribution >= 0.6 is 23.1 Å². The molecule has 0 saturated heterocycles. The fourth-order valence-corrected chi connectivity index (χ4v) is 6.48. The van der Waals surface area contributed by atoms with Crippen LogP contribution in [0.5, 0.6) is 0 Å². The lowest BCUT2D eigenvalue weighted by atomic mass is 9.75. The molecule has 13 heteroatoms. The number of nitrogens with two attached hydrogens (primary N) is 2. The number of nitrogens with one attached hydrogen (secondary N) is 1. The molecule has 0 saturated carbocycles. The topological polar surface area (TPSA) is 168 Å². The largest absolute Gasteiger partial charge is 0.384 e. The zero-order valence-electron chi connectivity index (χ0n) is 20.9. The minimum absolute atomic E-state index is 0.0295. The SMILES string of the molecule is N#CC1=C(N)N(c2nnc(SCC(=O)Nc3ccccc3C(N)=O)s2)C2=C(C(=O)CCC2)C1c1ccccc1F. The Balaban J connectivity index is 1.42. The predicted octanol–water partition coefficient (Wildman–Crippen LogP) is 3.81. The van der Waals surface area contributed by atoms with Crippen LogP contribution in [0.3, 0.4) is 0 Å². The average molecular weight is 576 g/mol. The van der Waals surface area contributed by atoms with Crippen LogP contribution in [-0.4, -0.2) is 33.5 Å². The third-order valence-corrected chi connectivity index (χ3v) is 8.55. The van der Waals surface area contributed by atoms with Gasteiger partial charge in [0.05, 0.1) is 34.6 Å². The molecule has 0 fully saturated rings. The summed E-state index contributed by atoms with van der Waals surface area (Å²) in [4.78, 5) is 38.9. The molecule has 40 heavy (non-hydrogen) atoms. The van der Waals surface area contributed by atoms with E-state index in [1.807, 2.05) is 0 Å². The highest BCUT2D eigenvalue weighted by Crippen LogP contribution is 2.47. The fourth-order valence-electron chi connectivity index (χ4n) is 4.80. The molecule has 2 aromatic carbocycles. The van der Waals surface area contributed by atoms with Gasteiger partial charge < -0.3 is 16.8 Å². The normalized spacial score (nSPS) is 16.9. The smallest absolute Gasteiger partial charge is 0.250 e. The number of allylic oxidation sites excluding steroid dienone is 3. The van der Waals surface area contributed by atoms with E-state index in [1.54, 1.807) is 41.3 Å². The van der Waals surface area contributed by atoms with Crippen molar-refractivity contribution in [3.63, 3.8) is 0 Å². The monoisotopic (exact) mass is 575 g/mol. The number of Topliss-reactive ketones (excluding diaryl/α,β-unsaturated/α-hetero) is 1. The van der Waals surface area contributed by atoms with E-state index >= 15 is 0 Å². The number of amides is 2. The maximum atomic E-state index is 14.9. The van der Waals surface area contributed by atoms with Crippen LogP contribution in [0.4, 0.5) is 15.2 Å². The second kappa shape index (κ2) is 11.3. The van der Waals surface area contributed by atoms with Crippen molar-refractivity contribution in [1.29, 1.82) is 5.26 Å². The van der Waals surface area contributed by atoms with E-state index < -0.39 is 17.6 Å². The standard InChI is InChI=1S/C27H22FN7O3S2/c28-17-8-3-1-6-14(17)22-16(12-29)24(30)35(19-10-5-11-20(36)23(19)22)26-33-34-27(40-26)39-13-21(37)32-18-9-4-2-7-15(18)25(31)38/h1-4,6-9,22H,5,10-11,13,30H2,(H2,31,38)(H,32,37). The fraction of sp³-hybridized carbons (Fsp3) is 0.185. The molecule has 3 aromatic rings. The number of primary amides is 1. The van der Waals surface area contributed by atoms with Crippen molar-refractivity contribution in [2.75, 3.05) is 16.0 Å². The number of para-hydroxylation sites is 1. The van der Waals surface area contributed by atoms with Crippen LogP contribution < -0.4 is 21.7 Å². The number of thioether (sulfide) groups is 1. The molecular formula is C27H22FN7O3S2. The summed E-state index contributed by atoms with van der Waals surface area (Å²) in [6, 6.07) is 14.5. The lowest BCUT2D eigenvalue weighted by molar-refractivity contribution is -0.116. The molecule has 2 amide bonds. The van der Waals surface area contributed by atoms with Gasteiger partial charge in [0.25, 0.3) is 5.91 Å². The van der Waals surface area contributed by atoms with E-state index in [2.05, 4.69) is 21.6 Å². The first-order valence-corrected chi connectivity index (χ1v) is 14.0. The summed E-state index contributed by atoms with van der Waals surface area (Å²) in [7, 11) is 0. The molecule has 1 aliphatic carbocycles. The number of carbonyl (C=O) groups is 3. The Morgan fingerprint density at radius 1 is 1.18 bits per heavy atom. The zero-order valence-corrected chi connectivity index (χ0v) is 22.5. The van der Waals surface area contributed by atoms with Gasteiger partial charge >= 0.3 is 0 Å². The van der Waals surface area contributed by atoms with Crippen molar-refractivity contribution in [3.05, 3.63) is 88.1 Å². The van der Waals surface area contributed by atoms with Gasteiger partial charge in [0.1, 0.15) is 11.6 Å². The summed E-state index contributed by atoms with van der Waals surface area (Å²) >= 11 is 2.26. The van der Waals surface area contributed by atoms with E-state index in [0.29, 0.717) is 39.3 Å². The predicted molar refractivity (Wildman–Crippen MR) is 149 cm³/mol. The number of carbonyl (C=O) groups excluding carboxylic acids is 3. The molecule has 5 rings (SSSR count). The van der Waals surface area contributed by atoms with E-state index in [4.69, 9.17) is 11.5 Å². The number of nitriles is 1. The van der Waals surface area contributed by atoms with Gasteiger partial charge in [0.2, 0.25) is 11.0 Å². The Bertz CT molecular complexity index is 1640. The third kappa shape index (κ3) is 5.06. The van der Waals surface area contributed by atoms with Gasteiger partial charge in [-0.15, -0.1) is 10.2 Å². The molecule has 1 unspecified atom stereocenters. The molecule has 10 nitrogen and oxygen atoms in total.